The van der Waals surface area contributed by atoms with Crippen LogP contribution < -0.4 is 4.74 Å². The Kier molecular flexibility index (Phi) is 7.32. The number of benzene rings is 2. The zero-order valence-electron chi connectivity index (χ0n) is 14.7. The maximum absolute atomic E-state index is 11.7. The van der Waals surface area contributed by atoms with Gasteiger partial charge >= 0.3 is 5.97 Å². The van der Waals surface area contributed by atoms with Crippen molar-refractivity contribution in [3.05, 3.63) is 69.6 Å². The summed E-state index contributed by atoms with van der Waals surface area (Å²) < 4.78 is 13.2. The van der Waals surface area contributed by atoms with Crippen molar-refractivity contribution in [3.63, 3.8) is 0 Å². The molecule has 0 bridgehead atoms. The van der Waals surface area contributed by atoms with Crippen molar-refractivity contribution in [1.82, 2.24) is 4.98 Å². The molecule has 3 aromatic rings. The zero-order valence-corrected chi connectivity index (χ0v) is 17.9. The van der Waals surface area contributed by atoms with Crippen LogP contribution >= 0.6 is 39.0 Å². The van der Waals surface area contributed by atoms with Gasteiger partial charge in [0, 0.05) is 27.4 Å². The van der Waals surface area contributed by atoms with Crippen molar-refractivity contribution >= 4 is 45.0 Å². The van der Waals surface area contributed by atoms with Gasteiger partial charge in [-0.25, -0.2) is 4.98 Å². The lowest BCUT2D eigenvalue weighted by molar-refractivity contribution is -0.142. The Morgan fingerprint density at radius 1 is 1.26 bits per heavy atom. The van der Waals surface area contributed by atoms with E-state index in [0.717, 1.165) is 31.4 Å². The van der Waals surface area contributed by atoms with Crippen molar-refractivity contribution in [3.8, 4) is 11.5 Å². The van der Waals surface area contributed by atoms with Gasteiger partial charge in [-0.2, -0.15) is 0 Å². The molecule has 3 rings (SSSR count). The minimum Gasteiger partial charge on any atom is -0.466 e. The molecule has 0 spiro atoms. The topological polar surface area (TPSA) is 48.4 Å². The molecule has 0 aliphatic heterocycles. The molecule has 0 aliphatic carbocycles. The number of carbonyl (C=O) groups is 1. The Morgan fingerprint density at radius 3 is 2.93 bits per heavy atom. The molecule has 0 unspecified atom stereocenters. The summed E-state index contributed by atoms with van der Waals surface area (Å²) in [6, 6.07) is 13.5. The van der Waals surface area contributed by atoms with Crippen molar-refractivity contribution in [1.29, 1.82) is 0 Å². The highest BCUT2D eigenvalue weighted by atomic mass is 79.9. The van der Waals surface area contributed by atoms with E-state index in [4.69, 9.17) is 9.47 Å². The van der Waals surface area contributed by atoms with Crippen molar-refractivity contribution in [2.75, 3.05) is 6.61 Å². The molecule has 1 heterocycles. The van der Waals surface area contributed by atoms with Crippen LogP contribution in [0.2, 0.25) is 0 Å². The van der Waals surface area contributed by atoms with Crippen LogP contribution in [-0.4, -0.2) is 17.6 Å². The number of ether oxygens (including phenoxy) is 2. The molecule has 0 fully saturated rings. The number of hydrogen-bond donors (Lipinski definition) is 0. The molecule has 7 heteroatoms. The molecule has 27 heavy (non-hydrogen) atoms. The Hall–Kier alpha value is -1.83. The first-order valence-electron chi connectivity index (χ1n) is 8.37. The van der Waals surface area contributed by atoms with Crippen LogP contribution in [0.5, 0.6) is 11.5 Å². The first-order valence-corrected chi connectivity index (χ1v) is 11.0. The van der Waals surface area contributed by atoms with Crippen LogP contribution in [0.4, 0.5) is 0 Å². The Bertz CT molecular complexity index is 900. The minimum absolute atomic E-state index is 0.234. The predicted molar refractivity (Wildman–Crippen MR) is 113 cm³/mol. The van der Waals surface area contributed by atoms with Gasteiger partial charge in [0.15, 0.2) is 0 Å². The number of hydrogen-bond acceptors (Lipinski definition) is 6. The van der Waals surface area contributed by atoms with E-state index in [0.29, 0.717) is 12.4 Å². The van der Waals surface area contributed by atoms with Gasteiger partial charge in [0.25, 0.3) is 0 Å². The van der Waals surface area contributed by atoms with Crippen molar-refractivity contribution in [2.45, 2.75) is 23.4 Å². The molecule has 4 nitrogen and oxygen atoms in total. The number of esters is 1. The van der Waals surface area contributed by atoms with E-state index in [1.54, 1.807) is 36.2 Å². The normalized spacial score (nSPS) is 10.6. The third kappa shape index (κ3) is 6.09. The number of thioether (sulfide) groups is 1. The fourth-order valence-corrected chi connectivity index (χ4v) is 4.43. The summed E-state index contributed by atoms with van der Waals surface area (Å²) in [5, 5.41) is 1.97. The molecule has 0 saturated carbocycles. The van der Waals surface area contributed by atoms with Crippen LogP contribution in [0.3, 0.4) is 0 Å². The third-order valence-corrected chi connectivity index (χ3v) is 6.07. The van der Waals surface area contributed by atoms with E-state index in [-0.39, 0.29) is 12.4 Å². The van der Waals surface area contributed by atoms with Gasteiger partial charge in [-0.1, -0.05) is 39.8 Å². The zero-order chi connectivity index (χ0) is 19.1. The second-order valence-electron chi connectivity index (χ2n) is 5.57. The van der Waals surface area contributed by atoms with Gasteiger partial charge in [-0.15, -0.1) is 11.3 Å². The predicted octanol–water partition coefficient (Wildman–Crippen LogP) is 6.10. The Morgan fingerprint density at radius 2 is 2.15 bits per heavy atom. The maximum atomic E-state index is 11.7. The van der Waals surface area contributed by atoms with E-state index >= 15 is 0 Å². The van der Waals surface area contributed by atoms with Gasteiger partial charge in [0.2, 0.25) is 0 Å². The number of halogens is 1. The molecular formula is C20H18BrNO3S2. The van der Waals surface area contributed by atoms with Crippen LogP contribution in [0.25, 0.3) is 0 Å². The molecule has 1 aromatic heterocycles. The number of carbonyl (C=O) groups excluding carboxylic acids is 1. The van der Waals surface area contributed by atoms with E-state index in [2.05, 4.69) is 27.0 Å². The number of rotatable bonds is 8. The van der Waals surface area contributed by atoms with Crippen molar-refractivity contribution in [2.24, 2.45) is 0 Å². The molecule has 2 aromatic carbocycles. The Labute approximate surface area is 175 Å². The van der Waals surface area contributed by atoms with Gasteiger partial charge in [0.05, 0.1) is 13.0 Å². The van der Waals surface area contributed by atoms with E-state index in [1.807, 2.05) is 41.8 Å². The van der Waals surface area contributed by atoms with Gasteiger partial charge < -0.3 is 9.47 Å². The third-order valence-electron chi connectivity index (χ3n) is 3.56. The smallest absolute Gasteiger partial charge is 0.310 e. The fraction of sp³-hybridized carbons (Fsp3) is 0.200. The summed E-state index contributed by atoms with van der Waals surface area (Å²) >= 11 is 6.82. The molecule has 0 saturated heterocycles. The lowest BCUT2D eigenvalue weighted by Crippen LogP contribution is -2.07. The maximum Gasteiger partial charge on any atom is 0.310 e. The number of thiazole rings is 1. The van der Waals surface area contributed by atoms with Crippen LogP contribution in [-0.2, 0) is 21.7 Å². The van der Waals surface area contributed by atoms with Crippen LogP contribution in [0.1, 0.15) is 18.1 Å². The first kappa shape index (κ1) is 19.9. The van der Waals surface area contributed by atoms with Gasteiger partial charge in [-0.05, 0) is 42.8 Å². The highest BCUT2D eigenvalue weighted by molar-refractivity contribution is 9.10. The van der Waals surface area contributed by atoms with Crippen LogP contribution in [0.15, 0.2) is 62.9 Å². The van der Waals surface area contributed by atoms with E-state index in [1.165, 1.54) is 0 Å². The van der Waals surface area contributed by atoms with Gasteiger partial charge in [-0.3, -0.25) is 4.79 Å². The monoisotopic (exact) mass is 463 g/mol. The van der Waals surface area contributed by atoms with Gasteiger partial charge in [0.1, 0.15) is 15.8 Å². The number of aromatic nitrogens is 1. The van der Waals surface area contributed by atoms with E-state index < -0.39 is 0 Å². The summed E-state index contributed by atoms with van der Waals surface area (Å²) in [6.07, 6.45) is 2.04. The molecule has 0 N–H and O–H groups in total. The first-order chi connectivity index (χ1) is 13.1. The highest BCUT2D eigenvalue weighted by Gasteiger charge is 2.10. The minimum atomic E-state index is -0.237. The molecule has 0 aliphatic rings. The summed E-state index contributed by atoms with van der Waals surface area (Å²) in [6.45, 7) is 2.18. The Balaban J connectivity index is 1.74. The lowest BCUT2D eigenvalue weighted by Gasteiger charge is -2.12. The summed E-state index contributed by atoms with van der Waals surface area (Å²) in [4.78, 5) is 16.0. The average Bonchev–Trinajstić information content (AvgIpc) is 3.16. The largest absolute Gasteiger partial charge is 0.466 e. The second-order valence-corrected chi connectivity index (χ2v) is 8.60. The van der Waals surface area contributed by atoms with E-state index in [9.17, 15) is 4.79 Å². The SMILES string of the molecule is CCOC(=O)Cc1cccc(Oc2ccc(Br)cc2CSc2nccs2)c1. The molecule has 0 amide bonds. The molecule has 0 atom stereocenters. The average molecular weight is 464 g/mol. The highest BCUT2D eigenvalue weighted by Crippen LogP contribution is 2.33. The summed E-state index contributed by atoms with van der Waals surface area (Å²) in [5.74, 6) is 2.00. The molecule has 0 radical (unpaired) electrons. The van der Waals surface area contributed by atoms with Crippen LogP contribution in [0, 0.1) is 0 Å². The molecular weight excluding hydrogens is 446 g/mol. The standard InChI is InChI=1S/C20H18BrNO3S2/c1-2-24-19(23)11-14-4-3-5-17(10-14)25-18-7-6-16(21)12-15(18)13-27-20-22-8-9-26-20/h3-10,12H,2,11,13H2,1H3. The van der Waals surface area contributed by atoms with Crippen molar-refractivity contribution < 1.29 is 14.3 Å². The quantitative estimate of drug-likeness (QED) is 0.298. The number of nitrogens with zero attached hydrogens (tertiary/aromatic N) is 1. The summed E-state index contributed by atoms with van der Waals surface area (Å²) in [5.41, 5.74) is 1.93. The fourth-order valence-electron chi connectivity index (χ4n) is 2.41. The summed E-state index contributed by atoms with van der Waals surface area (Å²) in [7, 11) is 0. The molecule has 140 valence electrons. The second kappa shape index (κ2) is 9.92. The lowest BCUT2D eigenvalue weighted by atomic mass is 10.1.